The zero-order valence-corrected chi connectivity index (χ0v) is 20.5. The Morgan fingerprint density at radius 3 is 2.72 bits per heavy atom. The van der Waals surface area contributed by atoms with Crippen LogP contribution in [-0.2, 0) is 4.74 Å². The number of hydrogen-bond acceptors (Lipinski definition) is 5. The molecule has 1 aliphatic heterocycles. The van der Waals surface area contributed by atoms with Crippen LogP contribution >= 0.6 is 0 Å². The molecular formula is C27H28F2N4O3. The third kappa shape index (κ3) is 4.99. The van der Waals surface area contributed by atoms with Gasteiger partial charge in [0.2, 0.25) is 0 Å². The monoisotopic (exact) mass is 494 g/mol. The van der Waals surface area contributed by atoms with E-state index in [0.29, 0.717) is 46.6 Å². The van der Waals surface area contributed by atoms with Crippen molar-refractivity contribution < 1.29 is 18.3 Å². The van der Waals surface area contributed by atoms with E-state index >= 15 is 4.39 Å². The third-order valence-electron chi connectivity index (χ3n) is 6.30. The van der Waals surface area contributed by atoms with E-state index in [9.17, 15) is 14.0 Å². The maximum Gasteiger partial charge on any atom is 0.410 e. The van der Waals surface area contributed by atoms with Crippen LogP contribution in [0.1, 0.15) is 45.6 Å². The minimum absolute atomic E-state index is 0.121. The molecule has 3 heterocycles. The number of carbonyl (C=O) groups is 1. The van der Waals surface area contributed by atoms with Crippen molar-refractivity contribution in [3.05, 3.63) is 46.1 Å². The number of amides is 1. The molecule has 2 atom stereocenters. The predicted octanol–water partition coefficient (Wildman–Crippen LogP) is 4.74. The number of rotatable bonds is 2. The molecule has 0 bridgehead atoms. The first-order valence-corrected chi connectivity index (χ1v) is 12.1. The van der Waals surface area contributed by atoms with E-state index in [1.54, 1.807) is 20.8 Å². The van der Waals surface area contributed by atoms with Crippen LogP contribution in [0.3, 0.4) is 0 Å². The van der Waals surface area contributed by atoms with E-state index in [4.69, 9.17) is 9.72 Å². The molecule has 9 heteroatoms. The van der Waals surface area contributed by atoms with Gasteiger partial charge >= 0.3 is 6.09 Å². The molecule has 36 heavy (non-hydrogen) atoms. The molecule has 188 valence electrons. The summed E-state index contributed by atoms with van der Waals surface area (Å²) in [6.45, 7) is 5.48. The molecule has 3 aromatic rings. The van der Waals surface area contributed by atoms with Crippen LogP contribution in [0.5, 0.6) is 0 Å². The lowest BCUT2D eigenvalue weighted by atomic mass is 10.0. The number of H-pyrrole nitrogens is 1. The topological polar surface area (TPSA) is 87.3 Å². The minimum atomic E-state index is -1.38. The second-order valence-electron chi connectivity index (χ2n) is 10.4. The fourth-order valence-corrected chi connectivity index (χ4v) is 4.34. The number of nitrogens with one attached hydrogen (secondary N) is 2. The maximum atomic E-state index is 15.2. The van der Waals surface area contributed by atoms with Crippen LogP contribution in [0.25, 0.3) is 21.7 Å². The molecule has 5 rings (SSSR count). The summed E-state index contributed by atoms with van der Waals surface area (Å²) in [5.74, 6) is 6.45. The smallest absolute Gasteiger partial charge is 0.410 e. The number of pyridine rings is 2. The van der Waals surface area contributed by atoms with E-state index in [-0.39, 0.29) is 11.9 Å². The number of aromatic nitrogens is 2. The summed E-state index contributed by atoms with van der Waals surface area (Å²) < 4.78 is 34.9. The van der Waals surface area contributed by atoms with Crippen molar-refractivity contribution in [3.63, 3.8) is 0 Å². The van der Waals surface area contributed by atoms with E-state index in [2.05, 4.69) is 22.1 Å². The molecule has 1 aliphatic carbocycles. The van der Waals surface area contributed by atoms with Crippen LogP contribution in [0.2, 0.25) is 0 Å². The number of halogens is 2. The Hall–Kier alpha value is -3.67. The van der Waals surface area contributed by atoms with Crippen LogP contribution < -0.4 is 10.9 Å². The lowest BCUT2D eigenvalue weighted by molar-refractivity contribution is 0.0125. The van der Waals surface area contributed by atoms with Crippen molar-refractivity contribution in [2.75, 3.05) is 18.4 Å². The van der Waals surface area contributed by atoms with Gasteiger partial charge in [-0.3, -0.25) is 4.79 Å². The van der Waals surface area contributed by atoms with Gasteiger partial charge in [-0.2, -0.15) is 0 Å². The van der Waals surface area contributed by atoms with Crippen molar-refractivity contribution in [1.82, 2.24) is 14.9 Å². The third-order valence-corrected chi connectivity index (χ3v) is 6.30. The number of benzene rings is 1. The minimum Gasteiger partial charge on any atom is -0.444 e. The summed E-state index contributed by atoms with van der Waals surface area (Å²) >= 11 is 0. The number of anilines is 1. The second kappa shape index (κ2) is 9.08. The molecule has 0 unspecified atom stereocenters. The highest BCUT2D eigenvalue weighted by Crippen LogP contribution is 2.32. The molecule has 2 aliphatic rings. The van der Waals surface area contributed by atoms with Crippen LogP contribution in [0.4, 0.5) is 19.4 Å². The Bertz CT molecular complexity index is 1460. The largest absolute Gasteiger partial charge is 0.444 e. The highest BCUT2D eigenvalue weighted by Gasteiger charge is 2.34. The highest BCUT2D eigenvalue weighted by molar-refractivity contribution is 6.10. The SMILES string of the molecule is CC(C)(C)OC(=O)N1CC[C@@H](Nc2nc3c(C#CC4CC4)c[nH]c(=O)c3c3cc(F)ccc23)[C@H](F)C1. The summed E-state index contributed by atoms with van der Waals surface area (Å²) in [5.41, 5.74) is -0.193. The van der Waals surface area contributed by atoms with Gasteiger partial charge in [0.1, 0.15) is 23.4 Å². The quantitative estimate of drug-likeness (QED) is 0.397. The predicted molar refractivity (Wildman–Crippen MR) is 134 cm³/mol. The first-order chi connectivity index (χ1) is 17.1. The molecule has 2 fully saturated rings. The summed E-state index contributed by atoms with van der Waals surface area (Å²) in [4.78, 5) is 33.9. The fraction of sp³-hybridized carbons (Fsp3) is 0.444. The number of aromatic amines is 1. The zero-order valence-electron chi connectivity index (χ0n) is 20.5. The van der Waals surface area contributed by atoms with Gasteiger partial charge in [-0.05, 0) is 58.2 Å². The van der Waals surface area contributed by atoms with Gasteiger partial charge in [-0.1, -0.05) is 11.8 Å². The zero-order chi connectivity index (χ0) is 25.6. The van der Waals surface area contributed by atoms with E-state index in [1.807, 2.05) is 0 Å². The standard InChI is InChI=1S/C27H28F2N4O3/c1-27(2,3)36-26(35)33-11-10-21(20(29)14-33)31-24-18-9-8-17(28)12-19(18)22-23(32-24)16(13-30-25(22)34)7-6-15-4-5-15/h8-9,12-13,15,20-21H,4-5,10-11,14H2,1-3H3,(H,30,34)(H,31,32)/t20-,21-/m1/s1. The first kappa shape index (κ1) is 24.0. The maximum absolute atomic E-state index is 15.2. The van der Waals surface area contributed by atoms with Gasteiger partial charge in [-0.15, -0.1) is 0 Å². The normalized spacial score (nSPS) is 20.2. The van der Waals surface area contributed by atoms with Gasteiger partial charge in [0, 0.05) is 29.4 Å². The summed E-state index contributed by atoms with van der Waals surface area (Å²) in [6, 6.07) is 3.47. The van der Waals surface area contributed by atoms with Crippen LogP contribution in [0.15, 0.2) is 29.2 Å². The molecule has 1 saturated carbocycles. The van der Waals surface area contributed by atoms with E-state index in [1.165, 1.54) is 29.3 Å². The lowest BCUT2D eigenvalue weighted by Gasteiger charge is -2.36. The average molecular weight is 495 g/mol. The van der Waals surface area contributed by atoms with Crippen molar-refractivity contribution in [2.45, 2.75) is 57.8 Å². The molecule has 1 amide bonds. The molecule has 1 saturated heterocycles. The summed E-state index contributed by atoms with van der Waals surface area (Å²) in [7, 11) is 0. The van der Waals surface area contributed by atoms with Gasteiger partial charge in [0.25, 0.3) is 5.56 Å². The number of alkyl halides is 1. The van der Waals surface area contributed by atoms with Crippen LogP contribution in [-0.4, -0.2) is 51.9 Å². The molecule has 2 N–H and O–H groups in total. The number of fused-ring (bicyclic) bond motifs is 3. The number of nitrogens with zero attached hydrogens (tertiary/aromatic N) is 2. The van der Waals surface area contributed by atoms with Gasteiger partial charge in [0.05, 0.1) is 29.1 Å². The highest BCUT2D eigenvalue weighted by atomic mass is 19.1. The Balaban J connectivity index is 1.50. The molecule has 7 nitrogen and oxygen atoms in total. The number of ether oxygens (including phenoxy) is 1. The van der Waals surface area contributed by atoms with Crippen molar-refractivity contribution in [1.29, 1.82) is 0 Å². The van der Waals surface area contributed by atoms with Crippen LogP contribution in [0, 0.1) is 23.6 Å². The van der Waals surface area contributed by atoms with Gasteiger partial charge in [-0.25, -0.2) is 18.6 Å². The number of carbonyl (C=O) groups excluding carboxylic acids is 1. The van der Waals surface area contributed by atoms with E-state index < -0.39 is 35.3 Å². The number of hydrogen-bond donors (Lipinski definition) is 2. The second-order valence-corrected chi connectivity index (χ2v) is 10.4. The van der Waals surface area contributed by atoms with Crippen molar-refractivity contribution >= 4 is 33.6 Å². The van der Waals surface area contributed by atoms with Gasteiger partial charge < -0.3 is 19.9 Å². The Morgan fingerprint density at radius 2 is 2.03 bits per heavy atom. The molecular weight excluding hydrogens is 466 g/mol. The fourth-order valence-electron chi connectivity index (χ4n) is 4.34. The Labute approximate surface area is 207 Å². The van der Waals surface area contributed by atoms with Gasteiger partial charge in [0.15, 0.2) is 0 Å². The molecule has 0 spiro atoms. The Morgan fingerprint density at radius 1 is 1.25 bits per heavy atom. The first-order valence-electron chi connectivity index (χ1n) is 12.1. The van der Waals surface area contributed by atoms with E-state index in [0.717, 1.165) is 12.8 Å². The number of likely N-dealkylation sites (tertiary alicyclic amines) is 1. The Kier molecular flexibility index (Phi) is 6.07. The molecule has 0 radical (unpaired) electrons. The molecule has 2 aromatic heterocycles. The number of piperidine rings is 1. The molecule has 1 aromatic carbocycles. The van der Waals surface area contributed by atoms with Crippen molar-refractivity contribution in [2.24, 2.45) is 5.92 Å². The summed E-state index contributed by atoms with van der Waals surface area (Å²) in [6.07, 6.45) is 2.00. The average Bonchev–Trinajstić information content (AvgIpc) is 3.63. The summed E-state index contributed by atoms with van der Waals surface area (Å²) in [5, 5.41) is 4.29. The lowest BCUT2D eigenvalue weighted by Crippen LogP contribution is -2.51. The van der Waals surface area contributed by atoms with Crippen molar-refractivity contribution in [3.8, 4) is 11.8 Å².